The maximum absolute atomic E-state index is 10.9. The largest absolute Gasteiger partial charge is 0.507 e. The van der Waals surface area contributed by atoms with Crippen molar-refractivity contribution < 1.29 is 5.11 Å². The smallest absolute Gasteiger partial charge is 0.122 e. The topological polar surface area (TPSA) is 20.2 Å². The van der Waals surface area contributed by atoms with Gasteiger partial charge in [-0.05, 0) is 74.2 Å². The van der Waals surface area contributed by atoms with Gasteiger partial charge in [0.1, 0.15) is 5.75 Å². The fourth-order valence-electron chi connectivity index (χ4n) is 4.88. The number of hydrogen-bond donors (Lipinski definition) is 1. The van der Waals surface area contributed by atoms with Gasteiger partial charge >= 0.3 is 0 Å². The first-order valence-electron chi connectivity index (χ1n) is 11.2. The first-order valence-corrected chi connectivity index (χ1v) is 12.2. The molecule has 1 unspecified atom stereocenters. The predicted octanol–water partition coefficient (Wildman–Crippen LogP) is 8.00. The van der Waals surface area contributed by atoms with E-state index in [0.29, 0.717) is 11.0 Å². The van der Waals surface area contributed by atoms with Gasteiger partial charge in [-0.1, -0.05) is 63.3 Å². The molecule has 3 rings (SSSR count). The minimum Gasteiger partial charge on any atom is -0.507 e. The lowest BCUT2D eigenvalue weighted by molar-refractivity contribution is 0.307. The summed E-state index contributed by atoms with van der Waals surface area (Å²) in [6.45, 7) is 6.75. The van der Waals surface area contributed by atoms with Gasteiger partial charge in [-0.3, -0.25) is 0 Å². The number of aromatic hydroxyl groups is 1. The van der Waals surface area contributed by atoms with Gasteiger partial charge < -0.3 is 5.11 Å². The Morgan fingerprint density at radius 2 is 1.89 bits per heavy atom. The zero-order valence-electron chi connectivity index (χ0n) is 17.7. The molecule has 1 aromatic carbocycles. The molecule has 0 heterocycles. The van der Waals surface area contributed by atoms with Gasteiger partial charge in [0, 0.05) is 5.56 Å². The van der Waals surface area contributed by atoms with E-state index in [1.54, 1.807) is 5.57 Å². The molecular weight excluding hydrogens is 348 g/mol. The number of allylic oxidation sites excluding steroid dienone is 1. The standard InChI is InChI=1S/C25H38OS/c1-4-5-16-27-24(20-12-8-6-9-13-20)21-17-19(2)23(26)22(18-21)25(3)14-10-7-11-15-25/h12,17-18,24,26H,4-11,13-16H2,1-3H3. The summed E-state index contributed by atoms with van der Waals surface area (Å²) in [6, 6.07) is 4.65. The summed E-state index contributed by atoms with van der Waals surface area (Å²) >= 11 is 2.12. The number of phenols is 1. The molecule has 1 nitrogen and oxygen atoms in total. The van der Waals surface area contributed by atoms with Gasteiger partial charge in [0.05, 0.1) is 5.25 Å². The van der Waals surface area contributed by atoms with Crippen molar-refractivity contribution in [2.75, 3.05) is 5.75 Å². The van der Waals surface area contributed by atoms with Gasteiger partial charge in [0.2, 0.25) is 0 Å². The van der Waals surface area contributed by atoms with E-state index in [2.05, 4.69) is 50.7 Å². The van der Waals surface area contributed by atoms with Gasteiger partial charge in [-0.25, -0.2) is 0 Å². The van der Waals surface area contributed by atoms with Crippen LogP contribution in [-0.4, -0.2) is 10.9 Å². The van der Waals surface area contributed by atoms with Gasteiger partial charge in [0.25, 0.3) is 0 Å². The minimum atomic E-state index is 0.142. The lowest BCUT2D eigenvalue weighted by Crippen LogP contribution is -2.25. The molecule has 0 aromatic heterocycles. The highest BCUT2D eigenvalue weighted by Gasteiger charge is 2.33. The fraction of sp³-hybridized carbons (Fsp3) is 0.680. The van der Waals surface area contributed by atoms with E-state index in [1.807, 2.05) is 0 Å². The normalized spacial score (nSPS) is 20.9. The van der Waals surface area contributed by atoms with Crippen molar-refractivity contribution in [3.63, 3.8) is 0 Å². The summed E-state index contributed by atoms with van der Waals surface area (Å²) in [4.78, 5) is 0. The molecule has 0 spiro atoms. The zero-order chi connectivity index (χ0) is 19.3. The molecule has 0 bridgehead atoms. The average molecular weight is 387 g/mol. The van der Waals surface area contributed by atoms with Crippen molar-refractivity contribution >= 4 is 11.8 Å². The van der Waals surface area contributed by atoms with Gasteiger partial charge in [0.15, 0.2) is 0 Å². The van der Waals surface area contributed by atoms with Crippen molar-refractivity contribution in [1.29, 1.82) is 0 Å². The van der Waals surface area contributed by atoms with Crippen LogP contribution < -0.4 is 0 Å². The Morgan fingerprint density at radius 1 is 1.11 bits per heavy atom. The number of rotatable bonds is 7. The van der Waals surface area contributed by atoms with Crippen molar-refractivity contribution in [3.05, 3.63) is 40.5 Å². The highest BCUT2D eigenvalue weighted by Crippen LogP contribution is 2.47. The molecule has 2 heteroatoms. The summed E-state index contributed by atoms with van der Waals surface area (Å²) in [5, 5.41) is 11.4. The Labute approximate surface area is 171 Å². The van der Waals surface area contributed by atoms with Crippen LogP contribution in [0.25, 0.3) is 0 Å². The molecular formula is C25H38OS. The van der Waals surface area contributed by atoms with Crippen molar-refractivity contribution in [2.24, 2.45) is 0 Å². The fourth-order valence-corrected chi connectivity index (χ4v) is 6.33. The summed E-state index contributed by atoms with van der Waals surface area (Å²) in [5.74, 6) is 1.78. The molecule has 1 N–H and O–H groups in total. The zero-order valence-corrected chi connectivity index (χ0v) is 18.5. The SMILES string of the molecule is CCCCSC(C1=CCCCC1)c1cc(C)c(O)c(C2(C)CCCCC2)c1. The monoisotopic (exact) mass is 386 g/mol. The number of phenolic OH excluding ortho intramolecular Hbond substituents is 1. The quantitative estimate of drug-likeness (QED) is 0.378. The number of aryl methyl sites for hydroxylation is 1. The first kappa shape index (κ1) is 20.8. The summed E-state index contributed by atoms with van der Waals surface area (Å²) in [6.07, 6.45) is 16.6. The van der Waals surface area contributed by atoms with Crippen LogP contribution in [-0.2, 0) is 5.41 Å². The van der Waals surface area contributed by atoms with E-state index in [0.717, 1.165) is 5.56 Å². The van der Waals surface area contributed by atoms with Crippen LogP contribution in [0.4, 0.5) is 0 Å². The third-order valence-corrected chi connectivity index (χ3v) is 8.11. The molecule has 27 heavy (non-hydrogen) atoms. The lowest BCUT2D eigenvalue weighted by atomic mass is 9.70. The second kappa shape index (κ2) is 9.54. The molecule has 0 saturated heterocycles. The number of benzene rings is 1. The minimum absolute atomic E-state index is 0.142. The highest BCUT2D eigenvalue weighted by molar-refractivity contribution is 7.99. The maximum Gasteiger partial charge on any atom is 0.122 e. The van der Waals surface area contributed by atoms with E-state index in [9.17, 15) is 5.11 Å². The Hall–Kier alpha value is -0.890. The van der Waals surface area contributed by atoms with E-state index >= 15 is 0 Å². The molecule has 2 aliphatic carbocycles. The number of hydrogen-bond acceptors (Lipinski definition) is 2. The molecule has 1 saturated carbocycles. The lowest BCUT2D eigenvalue weighted by Gasteiger charge is -2.36. The van der Waals surface area contributed by atoms with Crippen molar-refractivity contribution in [1.82, 2.24) is 0 Å². The Balaban J connectivity index is 1.97. The Bertz CT molecular complexity index is 655. The van der Waals surface area contributed by atoms with Crippen LogP contribution in [0.5, 0.6) is 5.75 Å². The van der Waals surface area contributed by atoms with E-state index in [4.69, 9.17) is 0 Å². The third-order valence-electron chi connectivity index (χ3n) is 6.68. The summed E-state index contributed by atoms with van der Waals surface area (Å²) in [5.41, 5.74) is 5.48. The van der Waals surface area contributed by atoms with E-state index in [1.165, 1.54) is 87.5 Å². The molecule has 2 aliphatic rings. The molecule has 1 aromatic rings. The maximum atomic E-state index is 10.9. The summed E-state index contributed by atoms with van der Waals surface area (Å²) in [7, 11) is 0. The molecule has 0 amide bonds. The Kier molecular flexibility index (Phi) is 7.36. The van der Waals surface area contributed by atoms with E-state index in [-0.39, 0.29) is 5.41 Å². The van der Waals surface area contributed by atoms with Crippen LogP contribution in [0, 0.1) is 6.92 Å². The van der Waals surface area contributed by atoms with Crippen molar-refractivity contribution in [3.8, 4) is 5.75 Å². The molecule has 0 aliphatic heterocycles. The second-order valence-electron chi connectivity index (χ2n) is 8.98. The first-order chi connectivity index (χ1) is 13.0. The van der Waals surface area contributed by atoms with Gasteiger partial charge in [-0.15, -0.1) is 11.8 Å². The number of unbranched alkanes of at least 4 members (excludes halogenated alkanes) is 1. The van der Waals surface area contributed by atoms with Crippen LogP contribution in [0.1, 0.15) is 106 Å². The van der Waals surface area contributed by atoms with E-state index < -0.39 is 0 Å². The second-order valence-corrected chi connectivity index (χ2v) is 10.2. The van der Waals surface area contributed by atoms with Crippen molar-refractivity contribution in [2.45, 2.75) is 102 Å². The molecule has 1 fully saturated rings. The van der Waals surface area contributed by atoms with Crippen LogP contribution in [0.3, 0.4) is 0 Å². The van der Waals surface area contributed by atoms with Gasteiger partial charge in [-0.2, -0.15) is 0 Å². The molecule has 1 atom stereocenters. The summed E-state index contributed by atoms with van der Waals surface area (Å²) < 4.78 is 0. The Morgan fingerprint density at radius 3 is 2.56 bits per heavy atom. The van der Waals surface area contributed by atoms with Crippen LogP contribution in [0.15, 0.2) is 23.8 Å². The van der Waals surface area contributed by atoms with Crippen LogP contribution in [0.2, 0.25) is 0 Å². The number of thioether (sulfide) groups is 1. The highest BCUT2D eigenvalue weighted by atomic mass is 32.2. The third kappa shape index (κ3) is 4.94. The molecule has 0 radical (unpaired) electrons. The predicted molar refractivity (Wildman–Crippen MR) is 120 cm³/mol. The van der Waals surface area contributed by atoms with Crippen LogP contribution >= 0.6 is 11.8 Å². The average Bonchev–Trinajstić information content (AvgIpc) is 2.68. The molecule has 150 valence electrons.